The number of hydrogen-bond acceptors (Lipinski definition) is 3. The lowest BCUT2D eigenvalue weighted by atomic mass is 10.1. The van der Waals surface area contributed by atoms with E-state index >= 15 is 0 Å². The molecule has 2 N–H and O–H groups in total. The summed E-state index contributed by atoms with van der Waals surface area (Å²) in [5.41, 5.74) is 1.20. The maximum Gasteiger partial charge on any atom is 0.257 e. The number of aromatic hydroxyl groups is 2. The molecule has 0 aromatic heterocycles. The van der Waals surface area contributed by atoms with E-state index in [0.717, 1.165) is 9.13 Å². The second kappa shape index (κ2) is 6.34. The molecule has 110 valence electrons. The van der Waals surface area contributed by atoms with Crippen LogP contribution in [0, 0.1) is 3.57 Å². The highest BCUT2D eigenvalue weighted by Gasteiger charge is 2.21. The number of carbonyl (C=O) groups is 1. The van der Waals surface area contributed by atoms with Crippen LogP contribution in [0.15, 0.2) is 42.5 Å². The predicted molar refractivity (Wildman–Crippen MR) is 89.4 cm³/mol. The number of amides is 1. The van der Waals surface area contributed by atoms with Crippen molar-refractivity contribution < 1.29 is 15.0 Å². The molecule has 2 aromatic carbocycles. The lowest BCUT2D eigenvalue weighted by molar-refractivity contribution is 0.0739. The van der Waals surface area contributed by atoms with E-state index in [9.17, 15) is 15.0 Å². The zero-order valence-electron chi connectivity index (χ0n) is 11.7. The molecule has 1 unspecified atom stereocenters. The minimum atomic E-state index is -0.244. The van der Waals surface area contributed by atoms with Crippen LogP contribution in [0.5, 0.6) is 11.5 Å². The number of phenolic OH excluding ortho intramolecular Hbond substituents is 2. The summed E-state index contributed by atoms with van der Waals surface area (Å²) in [5, 5.41) is 19.2. The second-order valence-electron chi connectivity index (χ2n) is 4.85. The number of carbonyl (C=O) groups excluding carboxylic acids is 1. The van der Waals surface area contributed by atoms with Gasteiger partial charge in [0.15, 0.2) is 0 Å². The molecule has 1 amide bonds. The number of phenols is 2. The van der Waals surface area contributed by atoms with Gasteiger partial charge in [-0.2, -0.15) is 0 Å². The molecule has 0 heterocycles. The van der Waals surface area contributed by atoms with Crippen LogP contribution in [0.2, 0.25) is 0 Å². The maximum absolute atomic E-state index is 12.5. The van der Waals surface area contributed by atoms with Gasteiger partial charge in [0.2, 0.25) is 0 Å². The van der Waals surface area contributed by atoms with Crippen molar-refractivity contribution in [2.24, 2.45) is 0 Å². The van der Waals surface area contributed by atoms with E-state index in [1.54, 1.807) is 48.3 Å². The molecule has 0 saturated heterocycles. The summed E-state index contributed by atoms with van der Waals surface area (Å²) >= 11 is 2.10. The molecule has 0 spiro atoms. The van der Waals surface area contributed by atoms with Crippen LogP contribution in [-0.2, 0) is 0 Å². The first kappa shape index (κ1) is 15.6. The summed E-state index contributed by atoms with van der Waals surface area (Å²) < 4.78 is 0.888. The first-order valence-corrected chi connectivity index (χ1v) is 7.52. The Morgan fingerprint density at radius 1 is 1.14 bits per heavy atom. The van der Waals surface area contributed by atoms with Crippen molar-refractivity contribution in [1.29, 1.82) is 0 Å². The molecule has 2 aromatic rings. The van der Waals surface area contributed by atoms with E-state index in [1.807, 2.05) is 6.92 Å². The Morgan fingerprint density at radius 3 is 2.38 bits per heavy atom. The SMILES string of the molecule is CC(c1ccc(O)cc1)N(C)C(=O)c1cc(I)ccc1O. The first-order chi connectivity index (χ1) is 9.90. The second-order valence-corrected chi connectivity index (χ2v) is 6.09. The monoisotopic (exact) mass is 397 g/mol. The summed E-state index contributed by atoms with van der Waals surface area (Å²) in [5.74, 6) is -0.0769. The molecule has 0 aliphatic heterocycles. The third-order valence-electron chi connectivity index (χ3n) is 3.47. The number of hydrogen-bond donors (Lipinski definition) is 2. The molecule has 0 saturated carbocycles. The van der Waals surface area contributed by atoms with E-state index in [-0.39, 0.29) is 29.0 Å². The van der Waals surface area contributed by atoms with Gasteiger partial charge in [-0.3, -0.25) is 4.79 Å². The number of benzene rings is 2. The van der Waals surface area contributed by atoms with Crippen LogP contribution in [-0.4, -0.2) is 28.1 Å². The molecule has 5 heteroatoms. The van der Waals surface area contributed by atoms with Crippen molar-refractivity contribution in [2.45, 2.75) is 13.0 Å². The van der Waals surface area contributed by atoms with Gasteiger partial charge in [-0.05, 0) is 65.4 Å². The molecular formula is C16H16INO3. The highest BCUT2D eigenvalue weighted by Crippen LogP contribution is 2.26. The minimum Gasteiger partial charge on any atom is -0.508 e. The predicted octanol–water partition coefficient (Wildman–Crippen LogP) is 3.54. The summed E-state index contributed by atoms with van der Waals surface area (Å²) in [6.45, 7) is 1.90. The van der Waals surface area contributed by atoms with Gasteiger partial charge in [0, 0.05) is 10.6 Å². The Labute approximate surface area is 137 Å². The molecule has 0 fully saturated rings. The van der Waals surface area contributed by atoms with Crippen LogP contribution in [0.25, 0.3) is 0 Å². The van der Waals surface area contributed by atoms with E-state index < -0.39 is 0 Å². The van der Waals surface area contributed by atoms with Crippen molar-refractivity contribution in [2.75, 3.05) is 7.05 Å². The number of rotatable bonds is 3. The van der Waals surface area contributed by atoms with E-state index in [4.69, 9.17) is 0 Å². The normalized spacial score (nSPS) is 12.0. The third-order valence-corrected chi connectivity index (χ3v) is 4.14. The van der Waals surface area contributed by atoms with Crippen LogP contribution >= 0.6 is 22.6 Å². The zero-order valence-corrected chi connectivity index (χ0v) is 13.9. The average molecular weight is 397 g/mol. The van der Waals surface area contributed by atoms with E-state index in [1.165, 1.54) is 6.07 Å². The standard InChI is InChI=1S/C16H16INO3/c1-10(11-3-6-13(19)7-4-11)18(2)16(21)14-9-12(17)5-8-15(14)20/h3-10,19-20H,1-2H3. The molecule has 2 rings (SSSR count). The number of nitrogens with zero attached hydrogens (tertiary/aromatic N) is 1. The third kappa shape index (κ3) is 3.47. The Hall–Kier alpha value is -1.76. The summed E-state index contributed by atoms with van der Waals surface area (Å²) in [6.07, 6.45) is 0. The fraction of sp³-hybridized carbons (Fsp3) is 0.188. The van der Waals surface area contributed by atoms with Gasteiger partial charge in [-0.1, -0.05) is 12.1 Å². The minimum absolute atomic E-state index is 0.0230. The molecule has 0 bridgehead atoms. The van der Waals surface area contributed by atoms with Gasteiger partial charge < -0.3 is 15.1 Å². The first-order valence-electron chi connectivity index (χ1n) is 6.44. The summed E-state index contributed by atoms with van der Waals surface area (Å²) in [4.78, 5) is 14.1. The van der Waals surface area contributed by atoms with Gasteiger partial charge >= 0.3 is 0 Å². The van der Waals surface area contributed by atoms with Gasteiger partial charge in [0.25, 0.3) is 5.91 Å². The zero-order chi connectivity index (χ0) is 15.6. The molecular weight excluding hydrogens is 381 g/mol. The summed E-state index contributed by atoms with van der Waals surface area (Å²) in [6, 6.07) is 11.5. The van der Waals surface area contributed by atoms with E-state index in [2.05, 4.69) is 22.6 Å². The lowest BCUT2D eigenvalue weighted by Gasteiger charge is -2.26. The average Bonchev–Trinajstić information content (AvgIpc) is 2.48. The van der Waals surface area contributed by atoms with Gasteiger partial charge in [-0.25, -0.2) is 0 Å². The highest BCUT2D eigenvalue weighted by atomic mass is 127. The highest BCUT2D eigenvalue weighted by molar-refractivity contribution is 14.1. The molecule has 1 atom stereocenters. The molecule has 0 aliphatic rings. The molecule has 0 aliphatic carbocycles. The fourth-order valence-electron chi connectivity index (χ4n) is 2.02. The molecule has 21 heavy (non-hydrogen) atoms. The summed E-state index contributed by atoms with van der Waals surface area (Å²) in [7, 11) is 1.69. The largest absolute Gasteiger partial charge is 0.508 e. The van der Waals surface area contributed by atoms with Crippen molar-refractivity contribution in [1.82, 2.24) is 4.90 Å². The number of halogens is 1. The van der Waals surface area contributed by atoms with Crippen LogP contribution in [0.4, 0.5) is 0 Å². The van der Waals surface area contributed by atoms with Gasteiger partial charge in [-0.15, -0.1) is 0 Å². The Balaban J connectivity index is 2.26. The Kier molecular flexibility index (Phi) is 4.72. The lowest BCUT2D eigenvalue weighted by Crippen LogP contribution is -2.29. The van der Waals surface area contributed by atoms with Crippen molar-refractivity contribution in [3.05, 3.63) is 57.2 Å². The van der Waals surface area contributed by atoms with Gasteiger partial charge in [0.1, 0.15) is 11.5 Å². The quantitative estimate of drug-likeness (QED) is 0.780. The smallest absolute Gasteiger partial charge is 0.257 e. The topological polar surface area (TPSA) is 60.8 Å². The van der Waals surface area contributed by atoms with Crippen molar-refractivity contribution in [3.8, 4) is 11.5 Å². The Bertz CT molecular complexity index is 655. The van der Waals surface area contributed by atoms with Crippen molar-refractivity contribution in [3.63, 3.8) is 0 Å². The molecule has 4 nitrogen and oxygen atoms in total. The van der Waals surface area contributed by atoms with Crippen molar-refractivity contribution >= 4 is 28.5 Å². The molecule has 0 radical (unpaired) electrons. The fourth-order valence-corrected chi connectivity index (χ4v) is 2.51. The van der Waals surface area contributed by atoms with Crippen LogP contribution in [0.3, 0.4) is 0 Å². The van der Waals surface area contributed by atoms with Crippen LogP contribution in [0.1, 0.15) is 28.9 Å². The maximum atomic E-state index is 12.5. The van der Waals surface area contributed by atoms with Gasteiger partial charge in [0.05, 0.1) is 11.6 Å². The Morgan fingerprint density at radius 2 is 1.76 bits per heavy atom. The van der Waals surface area contributed by atoms with E-state index in [0.29, 0.717) is 0 Å². The van der Waals surface area contributed by atoms with Crippen LogP contribution < -0.4 is 0 Å².